The molecule has 0 aliphatic rings. The lowest BCUT2D eigenvalue weighted by molar-refractivity contribution is -0.140. The van der Waals surface area contributed by atoms with Crippen LogP contribution in [0.2, 0.25) is 0 Å². The second-order valence-corrected chi connectivity index (χ2v) is 3.52. The number of rotatable bonds is 8. The van der Waals surface area contributed by atoms with E-state index in [1.807, 2.05) is 0 Å². The lowest BCUT2D eigenvalue weighted by Crippen LogP contribution is -2.27. The van der Waals surface area contributed by atoms with Crippen LogP contribution in [0, 0.1) is 0 Å². The zero-order valence-corrected chi connectivity index (χ0v) is 9.71. The Kier molecular flexibility index (Phi) is 8.64. The first kappa shape index (κ1) is 13.4. The Hall–Kier alpha value is -0.570. The van der Waals surface area contributed by atoms with Crippen LogP contribution in [0.25, 0.3) is 0 Å². The second kappa shape index (κ2) is 9.00. The third-order valence-electron chi connectivity index (χ3n) is 2.16. The highest BCUT2D eigenvalue weighted by atomic mass is 16.5. The van der Waals surface area contributed by atoms with Gasteiger partial charge >= 0.3 is 5.97 Å². The summed E-state index contributed by atoms with van der Waals surface area (Å²) in [5.41, 5.74) is 0. The van der Waals surface area contributed by atoms with Gasteiger partial charge in [0.1, 0.15) is 0 Å². The molecule has 0 saturated carbocycles. The van der Waals surface area contributed by atoms with Gasteiger partial charge in [0, 0.05) is 6.42 Å². The highest BCUT2D eigenvalue weighted by molar-refractivity contribution is 5.69. The molecule has 0 saturated heterocycles. The van der Waals surface area contributed by atoms with Crippen molar-refractivity contribution >= 4 is 5.97 Å². The summed E-state index contributed by atoms with van der Waals surface area (Å²) in [6.07, 6.45) is 3.81. The molecule has 0 fully saturated rings. The van der Waals surface area contributed by atoms with Gasteiger partial charge in [-0.05, 0) is 38.9 Å². The van der Waals surface area contributed by atoms with Gasteiger partial charge in [-0.15, -0.1) is 0 Å². The van der Waals surface area contributed by atoms with Gasteiger partial charge in [0.15, 0.2) is 0 Å². The molecule has 0 aromatic rings. The number of hydrogen-bond donors (Lipinski definition) is 0. The molecule has 0 spiro atoms. The molecule has 0 heterocycles. The highest BCUT2D eigenvalue weighted by Gasteiger charge is 2.04. The molecule has 0 bridgehead atoms. The molecule has 84 valence electrons. The molecule has 0 atom stereocenters. The van der Waals surface area contributed by atoms with Crippen molar-refractivity contribution in [3.8, 4) is 0 Å². The fraction of sp³-hybridized carbons (Fsp3) is 0.909. The van der Waals surface area contributed by atoms with E-state index in [1.165, 1.54) is 20.0 Å². The Bertz CT molecular complexity index is 142. The average Bonchev–Trinajstić information content (AvgIpc) is 2.18. The number of methoxy groups -OCH3 is 1. The van der Waals surface area contributed by atoms with Gasteiger partial charge in [-0.25, -0.2) is 0 Å². The van der Waals surface area contributed by atoms with Crippen molar-refractivity contribution < 1.29 is 9.53 Å². The van der Waals surface area contributed by atoms with Gasteiger partial charge in [0.05, 0.1) is 7.11 Å². The van der Waals surface area contributed by atoms with Crippen LogP contribution in [0.1, 0.15) is 39.5 Å². The minimum Gasteiger partial charge on any atom is -0.469 e. The first-order valence-electron chi connectivity index (χ1n) is 5.53. The van der Waals surface area contributed by atoms with Crippen LogP contribution in [-0.4, -0.2) is 37.6 Å². The maximum atomic E-state index is 10.9. The zero-order chi connectivity index (χ0) is 10.8. The minimum atomic E-state index is -0.0991. The van der Waals surface area contributed by atoms with Gasteiger partial charge in [0.2, 0.25) is 0 Å². The van der Waals surface area contributed by atoms with Crippen molar-refractivity contribution in [2.75, 3.05) is 26.7 Å². The molecule has 0 aromatic heterocycles. The number of esters is 1. The highest BCUT2D eigenvalue weighted by Crippen LogP contribution is 1.99. The molecule has 0 rings (SSSR count). The van der Waals surface area contributed by atoms with Crippen LogP contribution in [0.3, 0.4) is 0 Å². The van der Waals surface area contributed by atoms with Crippen molar-refractivity contribution in [1.29, 1.82) is 0 Å². The van der Waals surface area contributed by atoms with Gasteiger partial charge in [-0.2, -0.15) is 0 Å². The number of ether oxygens (including phenoxy) is 1. The van der Waals surface area contributed by atoms with E-state index in [1.54, 1.807) is 0 Å². The molecular formula is C11H23NO2. The summed E-state index contributed by atoms with van der Waals surface area (Å²) < 4.78 is 4.59. The second-order valence-electron chi connectivity index (χ2n) is 3.52. The lowest BCUT2D eigenvalue weighted by Gasteiger charge is -2.20. The van der Waals surface area contributed by atoms with Gasteiger partial charge < -0.3 is 9.64 Å². The van der Waals surface area contributed by atoms with Crippen LogP contribution in [0.4, 0.5) is 0 Å². The molecule has 0 amide bonds. The van der Waals surface area contributed by atoms with E-state index in [0.29, 0.717) is 6.42 Å². The molecule has 14 heavy (non-hydrogen) atoms. The fourth-order valence-electron chi connectivity index (χ4n) is 1.52. The van der Waals surface area contributed by atoms with E-state index in [2.05, 4.69) is 23.5 Å². The smallest absolute Gasteiger partial charge is 0.305 e. The van der Waals surface area contributed by atoms with Crippen molar-refractivity contribution in [3.63, 3.8) is 0 Å². The fourth-order valence-corrected chi connectivity index (χ4v) is 1.52. The summed E-state index contributed by atoms with van der Waals surface area (Å²) in [7, 11) is 1.44. The van der Waals surface area contributed by atoms with E-state index in [9.17, 15) is 4.79 Å². The third kappa shape index (κ3) is 6.89. The molecule has 3 nitrogen and oxygen atoms in total. The first-order chi connectivity index (χ1) is 6.74. The molecule has 3 heteroatoms. The minimum absolute atomic E-state index is 0.0991. The molecule has 0 N–H and O–H groups in total. The molecule has 0 radical (unpaired) electrons. The maximum absolute atomic E-state index is 10.9. The summed E-state index contributed by atoms with van der Waals surface area (Å²) in [4.78, 5) is 13.3. The lowest BCUT2D eigenvalue weighted by atomic mass is 10.2. The topological polar surface area (TPSA) is 29.5 Å². The number of nitrogens with zero attached hydrogens (tertiary/aromatic N) is 1. The summed E-state index contributed by atoms with van der Waals surface area (Å²) in [5.74, 6) is -0.0991. The largest absolute Gasteiger partial charge is 0.469 e. The van der Waals surface area contributed by atoms with E-state index in [4.69, 9.17) is 0 Å². The Labute approximate surface area is 87.4 Å². The maximum Gasteiger partial charge on any atom is 0.305 e. The third-order valence-corrected chi connectivity index (χ3v) is 2.16. The van der Waals surface area contributed by atoms with Crippen molar-refractivity contribution in [3.05, 3.63) is 0 Å². The van der Waals surface area contributed by atoms with E-state index >= 15 is 0 Å². The van der Waals surface area contributed by atoms with Gasteiger partial charge in [0.25, 0.3) is 0 Å². The number of carbonyl (C=O) groups excluding carboxylic acids is 1. The normalized spacial score (nSPS) is 10.6. The zero-order valence-electron chi connectivity index (χ0n) is 9.71. The number of hydrogen-bond acceptors (Lipinski definition) is 3. The molecule has 0 aliphatic heterocycles. The van der Waals surface area contributed by atoms with Crippen molar-refractivity contribution in [1.82, 2.24) is 4.90 Å². The van der Waals surface area contributed by atoms with Crippen molar-refractivity contribution in [2.24, 2.45) is 0 Å². The predicted octanol–water partition coefficient (Wildman–Crippen LogP) is 2.06. The Morgan fingerprint density at radius 1 is 1.14 bits per heavy atom. The summed E-state index contributed by atoms with van der Waals surface area (Å²) >= 11 is 0. The van der Waals surface area contributed by atoms with Gasteiger partial charge in [-0.1, -0.05) is 13.8 Å². The Morgan fingerprint density at radius 3 is 2.14 bits per heavy atom. The monoisotopic (exact) mass is 201 g/mol. The van der Waals surface area contributed by atoms with Crippen LogP contribution in [-0.2, 0) is 9.53 Å². The molecular weight excluding hydrogens is 178 g/mol. The summed E-state index contributed by atoms with van der Waals surface area (Å²) in [6, 6.07) is 0. The standard InChI is InChI=1S/C11H23NO2/c1-4-8-12(9-5-2)10-6-7-11(13)14-3/h4-10H2,1-3H3. The first-order valence-corrected chi connectivity index (χ1v) is 5.53. The molecule has 0 unspecified atom stereocenters. The van der Waals surface area contributed by atoms with Crippen LogP contribution in [0.15, 0.2) is 0 Å². The van der Waals surface area contributed by atoms with E-state index < -0.39 is 0 Å². The average molecular weight is 201 g/mol. The van der Waals surface area contributed by atoms with Crippen LogP contribution in [0.5, 0.6) is 0 Å². The summed E-state index contributed by atoms with van der Waals surface area (Å²) in [5, 5.41) is 0. The van der Waals surface area contributed by atoms with Gasteiger partial charge in [-0.3, -0.25) is 4.79 Å². The Balaban J connectivity index is 3.54. The quantitative estimate of drug-likeness (QED) is 0.563. The van der Waals surface area contributed by atoms with E-state index in [0.717, 1.165) is 26.1 Å². The van der Waals surface area contributed by atoms with Crippen LogP contribution < -0.4 is 0 Å². The molecule has 0 aromatic carbocycles. The molecule has 0 aliphatic carbocycles. The summed E-state index contributed by atoms with van der Waals surface area (Å²) in [6.45, 7) is 7.65. The van der Waals surface area contributed by atoms with Crippen LogP contribution >= 0.6 is 0 Å². The van der Waals surface area contributed by atoms with E-state index in [-0.39, 0.29) is 5.97 Å². The number of carbonyl (C=O) groups is 1. The SMILES string of the molecule is CCCN(CCC)CCCC(=O)OC. The predicted molar refractivity (Wildman–Crippen MR) is 58.3 cm³/mol. The Morgan fingerprint density at radius 2 is 1.71 bits per heavy atom. The van der Waals surface area contributed by atoms with Crippen molar-refractivity contribution in [2.45, 2.75) is 39.5 Å².